The van der Waals surface area contributed by atoms with E-state index in [1.54, 1.807) is 43.8 Å². The van der Waals surface area contributed by atoms with Gasteiger partial charge < -0.3 is 39.2 Å². The molecule has 16 aliphatic heterocycles. The summed E-state index contributed by atoms with van der Waals surface area (Å²) in [5, 5.41) is 0. The largest absolute Gasteiger partial charge is 0.338 e. The first-order valence-corrected chi connectivity index (χ1v) is 58.0. The summed E-state index contributed by atoms with van der Waals surface area (Å²) in [6, 6.07) is 78.4. The first-order valence-electron chi connectivity index (χ1n) is 61.0. The van der Waals surface area contributed by atoms with Crippen LogP contribution in [0.1, 0.15) is 357 Å². The molecule has 0 spiro atoms. The van der Waals surface area contributed by atoms with Crippen LogP contribution in [0.15, 0.2) is 218 Å². The van der Waals surface area contributed by atoms with Crippen molar-refractivity contribution in [1.82, 2.24) is 0 Å². The lowest BCUT2D eigenvalue weighted by atomic mass is 9.33. The smallest absolute Gasteiger partial charge is 0.252 e. The number of para-hydroxylation sites is 8. The van der Waals surface area contributed by atoms with Gasteiger partial charge in [-0.25, -0.2) is 8.78 Å². The predicted molar refractivity (Wildman–Crippen MR) is 608 cm³/mol. The number of hydrogen-bond acceptors (Lipinski definition) is 8. The van der Waals surface area contributed by atoms with Gasteiger partial charge in [0, 0.05) is 164 Å². The molecular formula is C132H138B4F2N8. The number of anilines is 16. The summed E-state index contributed by atoms with van der Waals surface area (Å²) in [4.78, 5) is 19.8. The molecule has 8 saturated carbocycles. The van der Waals surface area contributed by atoms with Crippen LogP contribution in [-0.4, -0.2) is 72.9 Å². The minimum atomic E-state index is -2.04. The third kappa shape index (κ3) is 9.76. The lowest BCUT2D eigenvalue weighted by Crippen LogP contribution is -2.67. The number of halogens is 2. The Bertz CT molecular complexity index is 7160. The standard InChI is InChI=1S/C38H45BN2.C32H31BF2N2.C32H33BN2.C30H29BN2/c1-5-35-22-9-11-24-37(35,7-3)40-30-20-15-21-31-32(30)39(28-18-13-16-26(35)33(28)40)29-19-14-17-27-34(29)41(31)38(8-4)25-12-10-23-36(27,38)6-2;1-29-16-3-4-17-30(29,2)36-24-14-9-15-25-26(24)33(22-12-7-10-20(29)27(22)36)23-13-8-11-21-28(23)37(25)32(35)19-6-5-18-31(21,32)34;1-31-18-5-6-19-32(31,2)35-27-17-9-16-26-28(27)33(24-14-8-12-22(31)30(24)35)23-13-7-11-21-20-10-3-4-15-25(20)34(26)29(21)23;1-3-14-24-18(8-1)20-10-5-12-22-29(20)32(24)26-16-7-17-27-28(26)31(22)23-13-6-11-21-19-9-2-4-15-25(19)33(27)30(21)23/h13-21H,5-12,22-25H2,1-4H3;7-15H,3-6,16-19H2,1-2H3;7-9,11-14,16-17,20,25H,3-6,10,15,18-19H2,1-2H3;5-7,10-13,16-19,24-25H,1-4,8-9,14-15H2/i;;20D,25D;18D,19D,24D,25D. The Morgan fingerprint density at radius 3 is 0.918 bits per heavy atom. The quantitative estimate of drug-likeness (QED) is 0.127. The van der Waals surface area contributed by atoms with E-state index in [1.807, 2.05) is 12.1 Å². The Kier molecular flexibility index (Phi) is 16.5. The third-order valence-electron chi connectivity index (χ3n) is 45.6. The van der Waals surface area contributed by atoms with E-state index < -0.39 is 47.2 Å². The number of nitrogens with zero attached hydrogens (tertiary/aromatic N) is 8. The van der Waals surface area contributed by atoms with Crippen molar-refractivity contribution in [1.29, 1.82) is 0 Å². The summed E-state index contributed by atoms with van der Waals surface area (Å²) in [6.45, 7) is 20.4. The lowest BCUT2D eigenvalue weighted by Gasteiger charge is -2.57. The summed E-state index contributed by atoms with van der Waals surface area (Å²) >= 11 is 0. The van der Waals surface area contributed by atoms with E-state index >= 15 is 8.78 Å². The Morgan fingerprint density at radius 1 is 0.260 bits per heavy atom. The molecule has 0 radical (unpaired) electrons. The number of rotatable bonds is 4. The molecule has 0 N–H and O–H groups in total. The van der Waals surface area contributed by atoms with E-state index in [1.165, 1.54) is 222 Å². The van der Waals surface area contributed by atoms with Gasteiger partial charge in [0.05, 0.1) is 26.3 Å². The van der Waals surface area contributed by atoms with Gasteiger partial charge in [-0.05, 0) is 302 Å². The summed E-state index contributed by atoms with van der Waals surface area (Å²) in [6.07, 6.45) is 37.6. The SMILES string of the molecule is CC12CCCCC1(C)N1c3cccc4c3B(c3cccc2c31)c1cccc2c1N4C1(F)CCCCC21F.CCC12CCCCC1(CC)N1c3cccc4c3B(c3cccc2c31)c1cccc2c1N4C1(CC)CCCCC21CC.[2H]C12CCCCC1([2H])N1c3cccc4c3B(c3cccc2c31)c1cccc2c1N4C1(C)CCCCC21C.[2H]C12CCCCC1([2H])N1c3cccc4c3B(c3cccc2c31)c1cccc2c1N4C1([2H])CCCCC21[2H]. The van der Waals surface area contributed by atoms with Crippen molar-refractivity contribution in [2.24, 2.45) is 0 Å². The summed E-state index contributed by atoms with van der Waals surface area (Å²) in [7, 11) is 0. The van der Waals surface area contributed by atoms with E-state index in [9.17, 15) is 8.22 Å². The molecule has 16 heterocycles. The van der Waals surface area contributed by atoms with Crippen molar-refractivity contribution in [3.8, 4) is 0 Å². The second kappa shape index (κ2) is 29.7. The van der Waals surface area contributed by atoms with E-state index in [-0.39, 0.29) is 76.8 Å². The summed E-state index contributed by atoms with van der Waals surface area (Å²) in [5.74, 6) is -4.84. The molecule has 146 heavy (non-hydrogen) atoms. The van der Waals surface area contributed by atoms with Gasteiger partial charge in [-0.15, -0.1) is 0 Å². The first-order chi connectivity index (χ1) is 73.6. The van der Waals surface area contributed by atoms with E-state index in [2.05, 4.69) is 296 Å². The molecule has 0 amide bonds. The number of benzene rings is 12. The molecule has 24 aliphatic rings. The minimum absolute atomic E-state index is 0.0108. The molecule has 14 heteroatoms. The fourth-order valence-electron chi connectivity index (χ4n) is 39.3. The molecule has 0 aromatic heterocycles. The maximum absolute atomic E-state index is 17.3. The highest BCUT2D eigenvalue weighted by Crippen LogP contribution is 2.72. The molecule has 8 nitrogen and oxygen atoms in total. The van der Waals surface area contributed by atoms with Gasteiger partial charge in [-0.2, -0.15) is 0 Å². The van der Waals surface area contributed by atoms with Crippen LogP contribution in [0.4, 0.5) is 99.8 Å². The van der Waals surface area contributed by atoms with Gasteiger partial charge in [0.15, 0.2) is 5.67 Å². The van der Waals surface area contributed by atoms with Crippen LogP contribution in [0, 0.1) is 0 Å². The average Bonchev–Trinajstić information content (AvgIpc) is 1.48. The highest BCUT2D eigenvalue weighted by Gasteiger charge is 2.73. The lowest BCUT2D eigenvalue weighted by molar-refractivity contribution is -0.0615. The van der Waals surface area contributed by atoms with Gasteiger partial charge in [0.2, 0.25) is 5.79 Å². The Morgan fingerprint density at radius 2 is 0.534 bits per heavy atom. The van der Waals surface area contributed by atoms with Crippen molar-refractivity contribution in [2.75, 3.05) is 39.2 Å². The van der Waals surface area contributed by atoms with Crippen molar-refractivity contribution in [3.05, 3.63) is 263 Å². The molecule has 16 atom stereocenters. The molecular weight excluding hydrogens is 1780 g/mol. The molecule has 36 rings (SSSR count). The Balaban J connectivity index is 0.0000000874. The molecule has 0 saturated heterocycles. The highest BCUT2D eigenvalue weighted by atomic mass is 19.2. The van der Waals surface area contributed by atoms with Crippen LogP contribution in [0.2, 0.25) is 0 Å². The van der Waals surface area contributed by atoms with Gasteiger partial charge in [-0.1, -0.05) is 301 Å². The normalized spacial score (nSPS) is 36.4. The average molecular weight is 1920 g/mol. The number of fused-ring (bicyclic) bond motifs is 40. The van der Waals surface area contributed by atoms with E-state index in [0.717, 1.165) is 127 Å². The molecule has 12 aromatic carbocycles. The second-order valence-electron chi connectivity index (χ2n) is 50.0. The zero-order valence-electron chi connectivity index (χ0n) is 92.9. The molecule has 8 aliphatic carbocycles. The van der Waals surface area contributed by atoms with Crippen LogP contribution in [-0.2, 0) is 27.3 Å². The number of alkyl halides is 2. The van der Waals surface area contributed by atoms with Crippen LogP contribution in [0.5, 0.6) is 0 Å². The van der Waals surface area contributed by atoms with Gasteiger partial charge in [0.25, 0.3) is 26.9 Å². The van der Waals surface area contributed by atoms with Crippen LogP contribution in [0.3, 0.4) is 0 Å². The van der Waals surface area contributed by atoms with E-state index in [4.69, 9.17) is 0 Å². The summed E-state index contributed by atoms with van der Waals surface area (Å²) in [5.41, 5.74) is 44.8. The monoisotopic (exact) mass is 1920 g/mol. The van der Waals surface area contributed by atoms with Crippen LogP contribution < -0.4 is 105 Å². The Hall–Kier alpha value is -10.8. The third-order valence-corrected chi connectivity index (χ3v) is 45.6. The van der Waals surface area contributed by atoms with Gasteiger partial charge in [0.1, 0.15) is 0 Å². The minimum Gasteiger partial charge on any atom is -0.338 e. The molecule has 16 unspecified atom stereocenters. The van der Waals surface area contributed by atoms with E-state index in [0.29, 0.717) is 38.0 Å². The van der Waals surface area contributed by atoms with Crippen LogP contribution in [0.25, 0.3) is 0 Å². The molecule has 8 fully saturated rings. The number of hydrogen-bond donors (Lipinski definition) is 0. The van der Waals surface area contributed by atoms with Crippen LogP contribution >= 0.6 is 0 Å². The fourth-order valence-corrected chi connectivity index (χ4v) is 39.3. The maximum atomic E-state index is 17.3. The highest BCUT2D eigenvalue weighted by molar-refractivity contribution is 7.03. The van der Waals surface area contributed by atoms with Gasteiger partial charge in [-0.3, -0.25) is 0 Å². The fraction of sp³-hybridized carbons (Fsp3) is 0.455. The van der Waals surface area contributed by atoms with Crippen molar-refractivity contribution in [3.63, 3.8) is 0 Å². The molecule has 12 aromatic rings. The van der Waals surface area contributed by atoms with Crippen molar-refractivity contribution < 1.29 is 17.0 Å². The topological polar surface area (TPSA) is 25.9 Å². The van der Waals surface area contributed by atoms with Crippen molar-refractivity contribution in [2.45, 2.75) is 378 Å². The first kappa shape index (κ1) is 81.1. The molecule has 732 valence electrons. The predicted octanol–water partition coefficient (Wildman–Crippen LogP) is 24.9. The Labute approximate surface area is 874 Å². The zero-order valence-corrected chi connectivity index (χ0v) is 86.9. The maximum Gasteiger partial charge on any atom is 0.252 e. The zero-order chi connectivity index (χ0) is 103. The summed E-state index contributed by atoms with van der Waals surface area (Å²) < 4.78 is 93.2. The van der Waals surface area contributed by atoms with Crippen molar-refractivity contribution >= 4 is 183 Å². The molecule has 0 bridgehead atoms. The van der Waals surface area contributed by atoms with Gasteiger partial charge >= 0.3 is 0 Å². The second-order valence-corrected chi connectivity index (χ2v) is 50.0.